The predicted octanol–water partition coefficient (Wildman–Crippen LogP) is 4.47. The maximum absolute atomic E-state index is 12.2. The summed E-state index contributed by atoms with van der Waals surface area (Å²) in [5.41, 5.74) is 0.0583. The van der Waals surface area contributed by atoms with Gasteiger partial charge in [0.05, 0.1) is 10.5 Å². The molecule has 160 valence electrons. The minimum absolute atomic E-state index is 0.0306. The fourth-order valence-electron chi connectivity index (χ4n) is 2.44. The van der Waals surface area contributed by atoms with Crippen LogP contribution in [0.3, 0.4) is 0 Å². The molecule has 0 unspecified atom stereocenters. The average Bonchev–Trinajstić information content (AvgIpc) is 2.69. The Morgan fingerprint density at radius 2 is 1.45 bits per heavy atom. The maximum atomic E-state index is 12.2. The first-order valence-corrected chi connectivity index (χ1v) is 8.35. The number of nitro groups is 1. The van der Waals surface area contributed by atoms with Crippen LogP contribution in [-0.4, -0.2) is 32.3 Å². The van der Waals surface area contributed by atoms with Crippen LogP contribution in [0.2, 0.25) is 0 Å². The second-order valence-corrected chi connectivity index (χ2v) is 5.88. The summed E-state index contributed by atoms with van der Waals surface area (Å²) in [5.74, 6) is -1.98. The number of aromatic nitrogens is 2. The van der Waals surface area contributed by atoms with Gasteiger partial charge in [0, 0.05) is 11.4 Å². The molecule has 0 amide bonds. The van der Waals surface area contributed by atoms with Crippen molar-refractivity contribution in [2.75, 3.05) is 10.6 Å². The smallest absolute Gasteiger partial charge is 0.478 e. The highest BCUT2D eigenvalue weighted by Crippen LogP contribution is 2.33. The van der Waals surface area contributed by atoms with Crippen LogP contribution >= 0.6 is 0 Å². The quantitative estimate of drug-likeness (QED) is 0.362. The van der Waals surface area contributed by atoms with Crippen LogP contribution in [0.25, 0.3) is 0 Å². The van der Waals surface area contributed by atoms with E-state index < -0.39 is 28.7 Å². The first-order valence-electron chi connectivity index (χ1n) is 8.35. The van der Waals surface area contributed by atoms with Crippen molar-refractivity contribution in [2.24, 2.45) is 0 Å². The van der Waals surface area contributed by atoms with Crippen molar-refractivity contribution < 1.29 is 32.7 Å². The Morgan fingerprint density at radius 3 is 1.87 bits per heavy atom. The Kier molecular flexibility index (Phi) is 5.85. The molecule has 1 heterocycles. The summed E-state index contributed by atoms with van der Waals surface area (Å²) in [6, 6.07) is 9.94. The van der Waals surface area contributed by atoms with Gasteiger partial charge < -0.3 is 20.5 Å². The molecule has 0 radical (unpaired) electrons. The molecule has 0 aliphatic carbocycles. The maximum Gasteiger partial charge on any atom is 0.573 e. The third-order valence-corrected chi connectivity index (χ3v) is 3.75. The Labute approximate surface area is 171 Å². The standard InChI is InChI=1S/C18H12F3N5O5/c19-18(20,21)31-13-7-5-12(6-8-13)25-16-14(26(29)30)15(22-9-23-16)24-11-3-1-10(2-4-11)17(27)28/h1-9H,(H,27,28)(H2,22,23,24,25). The second kappa shape index (κ2) is 8.52. The zero-order valence-electron chi connectivity index (χ0n) is 15.3. The van der Waals surface area contributed by atoms with E-state index in [4.69, 9.17) is 5.11 Å². The zero-order valence-corrected chi connectivity index (χ0v) is 15.3. The molecule has 3 aromatic rings. The number of hydrogen-bond acceptors (Lipinski definition) is 8. The van der Waals surface area contributed by atoms with Gasteiger partial charge in [-0.2, -0.15) is 0 Å². The number of halogens is 3. The number of anilines is 4. The van der Waals surface area contributed by atoms with Gasteiger partial charge in [-0.05, 0) is 48.5 Å². The molecule has 0 aliphatic rings. The van der Waals surface area contributed by atoms with Crippen molar-refractivity contribution in [3.8, 4) is 5.75 Å². The number of nitrogens with zero attached hydrogens (tertiary/aromatic N) is 3. The molecule has 3 N–H and O–H groups in total. The summed E-state index contributed by atoms with van der Waals surface area (Å²) in [7, 11) is 0. The van der Waals surface area contributed by atoms with Crippen LogP contribution in [0.5, 0.6) is 5.75 Å². The number of ether oxygens (including phenoxy) is 1. The predicted molar refractivity (Wildman–Crippen MR) is 102 cm³/mol. The molecule has 1 aromatic heterocycles. The summed E-state index contributed by atoms with van der Waals surface area (Å²) in [6.07, 6.45) is -3.80. The summed E-state index contributed by atoms with van der Waals surface area (Å²) in [6.45, 7) is 0. The molecular formula is C18H12F3N5O5. The summed E-state index contributed by atoms with van der Waals surface area (Å²) in [4.78, 5) is 29.4. The third-order valence-electron chi connectivity index (χ3n) is 3.75. The second-order valence-electron chi connectivity index (χ2n) is 5.88. The third kappa shape index (κ3) is 5.56. The molecule has 10 nitrogen and oxygen atoms in total. The number of hydrogen-bond donors (Lipinski definition) is 3. The van der Waals surface area contributed by atoms with Crippen LogP contribution in [-0.2, 0) is 0 Å². The van der Waals surface area contributed by atoms with E-state index in [0.717, 1.165) is 18.5 Å². The largest absolute Gasteiger partial charge is 0.573 e. The number of carboxylic acid groups (broad SMARTS) is 1. The van der Waals surface area contributed by atoms with E-state index in [2.05, 4.69) is 25.3 Å². The van der Waals surface area contributed by atoms with Crippen molar-refractivity contribution in [1.29, 1.82) is 0 Å². The minimum Gasteiger partial charge on any atom is -0.478 e. The van der Waals surface area contributed by atoms with Crippen molar-refractivity contribution in [3.63, 3.8) is 0 Å². The van der Waals surface area contributed by atoms with Gasteiger partial charge >= 0.3 is 18.0 Å². The zero-order chi connectivity index (χ0) is 22.6. The number of rotatable bonds is 7. The molecule has 0 saturated heterocycles. The van der Waals surface area contributed by atoms with Crippen LogP contribution in [0, 0.1) is 10.1 Å². The van der Waals surface area contributed by atoms with E-state index in [1.807, 2.05) is 0 Å². The number of nitrogens with one attached hydrogen (secondary N) is 2. The van der Waals surface area contributed by atoms with E-state index in [0.29, 0.717) is 5.69 Å². The lowest BCUT2D eigenvalue weighted by atomic mass is 10.2. The Balaban J connectivity index is 1.85. The highest BCUT2D eigenvalue weighted by Gasteiger charge is 2.31. The van der Waals surface area contributed by atoms with Gasteiger partial charge in [0.25, 0.3) is 0 Å². The van der Waals surface area contributed by atoms with Gasteiger partial charge in [0.2, 0.25) is 11.6 Å². The van der Waals surface area contributed by atoms with Crippen LogP contribution in [0.1, 0.15) is 10.4 Å². The Morgan fingerprint density at radius 1 is 0.968 bits per heavy atom. The molecular weight excluding hydrogens is 423 g/mol. The molecule has 2 aromatic carbocycles. The molecule has 0 bridgehead atoms. The first-order chi connectivity index (χ1) is 14.6. The first kappa shape index (κ1) is 21.3. The summed E-state index contributed by atoms with van der Waals surface area (Å²) in [5, 5.41) is 25.9. The lowest BCUT2D eigenvalue weighted by molar-refractivity contribution is -0.383. The van der Waals surface area contributed by atoms with E-state index in [1.54, 1.807) is 0 Å². The molecule has 31 heavy (non-hydrogen) atoms. The Hall–Kier alpha value is -4.42. The minimum atomic E-state index is -4.84. The summed E-state index contributed by atoms with van der Waals surface area (Å²) < 4.78 is 40.5. The molecule has 3 rings (SSSR count). The highest BCUT2D eigenvalue weighted by atomic mass is 19.4. The van der Waals surface area contributed by atoms with Crippen molar-refractivity contribution in [3.05, 3.63) is 70.5 Å². The monoisotopic (exact) mass is 435 g/mol. The molecule has 13 heteroatoms. The fraction of sp³-hybridized carbons (Fsp3) is 0.0556. The lowest BCUT2D eigenvalue weighted by Gasteiger charge is -2.11. The number of carbonyl (C=O) groups is 1. The average molecular weight is 435 g/mol. The van der Waals surface area contributed by atoms with E-state index in [9.17, 15) is 28.1 Å². The van der Waals surface area contributed by atoms with Crippen molar-refractivity contribution in [1.82, 2.24) is 9.97 Å². The molecule has 0 saturated carbocycles. The van der Waals surface area contributed by atoms with E-state index in [1.165, 1.54) is 36.4 Å². The SMILES string of the molecule is O=C(O)c1ccc(Nc2ncnc(Nc3ccc(OC(F)(F)F)cc3)c2[N+](=O)[O-])cc1. The lowest BCUT2D eigenvalue weighted by Crippen LogP contribution is -2.17. The molecule has 0 atom stereocenters. The summed E-state index contributed by atoms with van der Waals surface area (Å²) >= 11 is 0. The van der Waals surface area contributed by atoms with Crippen LogP contribution in [0.4, 0.5) is 41.9 Å². The van der Waals surface area contributed by atoms with Gasteiger partial charge in [0.1, 0.15) is 12.1 Å². The fourth-order valence-corrected chi connectivity index (χ4v) is 2.44. The van der Waals surface area contributed by atoms with Crippen LogP contribution < -0.4 is 15.4 Å². The van der Waals surface area contributed by atoms with Gasteiger partial charge in [-0.15, -0.1) is 13.2 Å². The number of alkyl halides is 3. The van der Waals surface area contributed by atoms with Gasteiger partial charge in [-0.1, -0.05) is 0 Å². The number of carboxylic acids is 1. The molecule has 0 spiro atoms. The van der Waals surface area contributed by atoms with E-state index >= 15 is 0 Å². The van der Waals surface area contributed by atoms with Gasteiger partial charge in [0.15, 0.2) is 0 Å². The van der Waals surface area contributed by atoms with E-state index in [-0.39, 0.29) is 22.9 Å². The molecule has 0 fully saturated rings. The Bertz CT molecular complexity index is 1110. The number of benzene rings is 2. The normalized spacial score (nSPS) is 10.9. The highest BCUT2D eigenvalue weighted by molar-refractivity contribution is 5.88. The van der Waals surface area contributed by atoms with Gasteiger partial charge in [-0.3, -0.25) is 10.1 Å². The number of aromatic carboxylic acids is 1. The molecule has 0 aliphatic heterocycles. The van der Waals surface area contributed by atoms with Crippen molar-refractivity contribution >= 4 is 34.7 Å². The van der Waals surface area contributed by atoms with Gasteiger partial charge in [-0.25, -0.2) is 14.8 Å². The topological polar surface area (TPSA) is 140 Å². The van der Waals surface area contributed by atoms with Crippen molar-refractivity contribution in [2.45, 2.75) is 6.36 Å². The van der Waals surface area contributed by atoms with Crippen LogP contribution in [0.15, 0.2) is 54.9 Å².